The molecule has 6 rings (SSSR count). The summed E-state index contributed by atoms with van der Waals surface area (Å²) in [5.41, 5.74) is 2.63. The lowest BCUT2D eigenvalue weighted by Crippen LogP contribution is -2.49. The third-order valence-electron chi connectivity index (χ3n) is 8.45. The van der Waals surface area contributed by atoms with Gasteiger partial charge in [-0.25, -0.2) is 4.98 Å². The van der Waals surface area contributed by atoms with Crippen LogP contribution < -0.4 is 10.1 Å². The molecule has 1 aromatic carbocycles. The number of ether oxygens (including phenoxy) is 2. The topological polar surface area (TPSA) is 104 Å². The molecular formula is C31H41N5O5. The Kier molecular flexibility index (Phi) is 9.51. The Labute approximate surface area is 242 Å². The van der Waals surface area contributed by atoms with E-state index < -0.39 is 0 Å². The highest BCUT2D eigenvalue weighted by molar-refractivity contribution is 5.92. The van der Waals surface area contributed by atoms with Crippen LogP contribution in [-0.4, -0.2) is 102 Å². The van der Waals surface area contributed by atoms with Gasteiger partial charge in [0.05, 0.1) is 19.3 Å². The van der Waals surface area contributed by atoms with Gasteiger partial charge in [0, 0.05) is 58.3 Å². The van der Waals surface area contributed by atoms with E-state index in [4.69, 9.17) is 9.47 Å². The zero-order valence-corrected chi connectivity index (χ0v) is 24.1. The van der Waals surface area contributed by atoms with E-state index in [1.807, 2.05) is 21.9 Å². The second-order valence-corrected chi connectivity index (χ2v) is 11.3. The monoisotopic (exact) mass is 563 g/mol. The molecule has 0 spiro atoms. The number of carbonyl (C=O) groups excluding carboxylic acids is 3. The first-order chi connectivity index (χ1) is 19.9. The Bertz CT molecular complexity index is 1230. The van der Waals surface area contributed by atoms with Gasteiger partial charge in [-0.2, -0.15) is 0 Å². The van der Waals surface area contributed by atoms with Gasteiger partial charge in [-0.3, -0.25) is 19.3 Å². The third-order valence-corrected chi connectivity index (χ3v) is 8.45. The maximum Gasteiger partial charge on any atom is 0.270 e. The number of benzene rings is 1. The number of hydrogen-bond acceptors (Lipinski definition) is 7. The van der Waals surface area contributed by atoms with Gasteiger partial charge in [0.25, 0.3) is 5.91 Å². The smallest absolute Gasteiger partial charge is 0.270 e. The first kappa shape index (κ1) is 29.0. The van der Waals surface area contributed by atoms with Crippen LogP contribution in [-0.2, 0) is 20.9 Å². The van der Waals surface area contributed by atoms with Crippen molar-refractivity contribution in [1.29, 1.82) is 0 Å². The van der Waals surface area contributed by atoms with Gasteiger partial charge in [-0.05, 0) is 49.3 Å². The summed E-state index contributed by atoms with van der Waals surface area (Å²) in [4.78, 5) is 49.8. The van der Waals surface area contributed by atoms with Crippen molar-refractivity contribution < 1.29 is 23.9 Å². The maximum absolute atomic E-state index is 13.9. The quantitative estimate of drug-likeness (QED) is 0.559. The van der Waals surface area contributed by atoms with E-state index >= 15 is 0 Å². The van der Waals surface area contributed by atoms with Crippen LogP contribution in [0.2, 0.25) is 0 Å². The van der Waals surface area contributed by atoms with Crippen molar-refractivity contribution in [2.45, 2.75) is 51.7 Å². The number of aryl methyl sites for hydroxylation is 1. The van der Waals surface area contributed by atoms with E-state index in [0.29, 0.717) is 70.7 Å². The number of pyridine rings is 1. The third kappa shape index (κ3) is 7.42. The molecule has 41 heavy (non-hydrogen) atoms. The van der Waals surface area contributed by atoms with Gasteiger partial charge in [-0.1, -0.05) is 30.3 Å². The maximum atomic E-state index is 13.9. The van der Waals surface area contributed by atoms with Crippen LogP contribution in [0.5, 0.6) is 5.88 Å². The highest BCUT2D eigenvalue weighted by Gasteiger charge is 2.40. The molecule has 5 heterocycles. The number of nitrogens with one attached hydrogen (secondary N) is 1. The molecule has 6 bridgehead atoms. The lowest BCUT2D eigenvalue weighted by atomic mass is 9.95. The van der Waals surface area contributed by atoms with Gasteiger partial charge in [-0.15, -0.1) is 0 Å². The van der Waals surface area contributed by atoms with Crippen LogP contribution in [0.1, 0.15) is 47.8 Å². The average molecular weight is 564 g/mol. The van der Waals surface area contributed by atoms with Crippen LogP contribution >= 0.6 is 0 Å². The van der Waals surface area contributed by atoms with E-state index in [1.54, 1.807) is 25.1 Å². The fourth-order valence-electron chi connectivity index (χ4n) is 6.04. The summed E-state index contributed by atoms with van der Waals surface area (Å²) in [6.45, 7) is 8.48. The van der Waals surface area contributed by atoms with E-state index in [-0.39, 0.29) is 42.1 Å². The van der Waals surface area contributed by atoms with Crippen molar-refractivity contribution >= 4 is 17.7 Å². The van der Waals surface area contributed by atoms with E-state index in [9.17, 15) is 14.4 Å². The molecular weight excluding hydrogens is 522 g/mol. The molecule has 2 saturated heterocycles. The van der Waals surface area contributed by atoms with Crippen molar-refractivity contribution in [1.82, 2.24) is 25.0 Å². The van der Waals surface area contributed by atoms with Gasteiger partial charge in [0.1, 0.15) is 12.3 Å². The van der Waals surface area contributed by atoms with Gasteiger partial charge in [0.15, 0.2) is 0 Å². The molecule has 1 aromatic heterocycles. The lowest BCUT2D eigenvalue weighted by Gasteiger charge is -2.37. The predicted octanol–water partition coefficient (Wildman–Crippen LogP) is 2.26. The summed E-state index contributed by atoms with van der Waals surface area (Å²) in [5.74, 6) is 0.560. The first-order valence-corrected chi connectivity index (χ1v) is 14.7. The Morgan fingerprint density at radius 3 is 2.59 bits per heavy atom. The molecule has 0 aliphatic carbocycles. The molecule has 3 amide bonds. The van der Waals surface area contributed by atoms with Crippen molar-refractivity contribution in [3.05, 3.63) is 59.3 Å². The number of nitrogens with zero attached hydrogens (tertiary/aromatic N) is 4. The molecule has 220 valence electrons. The van der Waals surface area contributed by atoms with Crippen molar-refractivity contribution in [2.75, 3.05) is 52.5 Å². The molecule has 0 unspecified atom stereocenters. The Balaban J connectivity index is 1.36. The van der Waals surface area contributed by atoms with Crippen molar-refractivity contribution in [3.63, 3.8) is 0 Å². The minimum atomic E-state index is -0.320. The molecule has 10 heteroatoms. The zero-order valence-electron chi connectivity index (χ0n) is 24.1. The largest absolute Gasteiger partial charge is 0.475 e. The number of fused-ring (bicyclic) bond motifs is 10. The molecule has 4 aliphatic heterocycles. The second kappa shape index (κ2) is 13.4. The molecule has 1 N–H and O–H groups in total. The van der Waals surface area contributed by atoms with Crippen molar-refractivity contribution in [3.8, 4) is 5.88 Å². The minimum Gasteiger partial charge on any atom is -0.475 e. The summed E-state index contributed by atoms with van der Waals surface area (Å²) in [5, 5.41) is 3.13. The summed E-state index contributed by atoms with van der Waals surface area (Å²) in [6.07, 6.45) is 2.26. The second-order valence-electron chi connectivity index (χ2n) is 11.3. The average Bonchev–Trinajstić information content (AvgIpc) is 3.36. The van der Waals surface area contributed by atoms with Gasteiger partial charge >= 0.3 is 0 Å². The number of piperidine rings is 1. The van der Waals surface area contributed by atoms with Crippen LogP contribution in [0.3, 0.4) is 0 Å². The van der Waals surface area contributed by atoms with E-state index in [2.05, 4.69) is 34.3 Å². The normalized spacial score (nSPS) is 24.9. The van der Waals surface area contributed by atoms with Crippen LogP contribution in [0.4, 0.5) is 0 Å². The fourth-order valence-corrected chi connectivity index (χ4v) is 6.04. The minimum absolute atomic E-state index is 0.0313. The molecule has 0 radical (unpaired) electrons. The number of hydrogen-bond donors (Lipinski definition) is 1. The Morgan fingerprint density at radius 1 is 1.00 bits per heavy atom. The summed E-state index contributed by atoms with van der Waals surface area (Å²) < 4.78 is 11.4. The number of carbonyl (C=O) groups is 3. The van der Waals surface area contributed by atoms with E-state index in [0.717, 1.165) is 12.8 Å². The van der Waals surface area contributed by atoms with E-state index in [1.165, 1.54) is 11.1 Å². The highest BCUT2D eigenvalue weighted by Crippen LogP contribution is 2.27. The summed E-state index contributed by atoms with van der Waals surface area (Å²) in [7, 11) is 0. The standard InChI is InChI=1S/C31H41N5O5/c1-22-6-3-4-7-25(22)20-36-21-26-18-28(36)31(39)34-12-10-24(11-13-34)19-35(23(2)37)14-15-40-16-17-41-29-9-5-8-27(33-29)30(38)32-26/h3-9,24,26,28H,10-21H2,1-2H3,(H,32,38)/t26-,28-/m0/s1. The zero-order chi connectivity index (χ0) is 28.8. The molecule has 0 saturated carbocycles. The predicted molar refractivity (Wildman–Crippen MR) is 153 cm³/mol. The number of rotatable bonds is 2. The molecule has 2 atom stereocenters. The lowest BCUT2D eigenvalue weighted by molar-refractivity contribution is -0.138. The highest BCUT2D eigenvalue weighted by atomic mass is 16.5. The van der Waals surface area contributed by atoms with Gasteiger partial charge in [0.2, 0.25) is 17.7 Å². The van der Waals surface area contributed by atoms with Crippen molar-refractivity contribution in [2.24, 2.45) is 5.92 Å². The van der Waals surface area contributed by atoms with Crippen LogP contribution in [0.25, 0.3) is 0 Å². The Morgan fingerprint density at radius 2 is 1.80 bits per heavy atom. The summed E-state index contributed by atoms with van der Waals surface area (Å²) >= 11 is 0. The number of amides is 3. The molecule has 10 nitrogen and oxygen atoms in total. The molecule has 2 aromatic rings. The van der Waals surface area contributed by atoms with Crippen LogP contribution in [0.15, 0.2) is 42.5 Å². The fraction of sp³-hybridized carbons (Fsp3) is 0.548. The van der Waals surface area contributed by atoms with Gasteiger partial charge < -0.3 is 24.6 Å². The Hall–Kier alpha value is -3.50. The molecule has 2 fully saturated rings. The number of likely N-dealkylation sites (tertiary alicyclic amines) is 1. The first-order valence-electron chi connectivity index (χ1n) is 14.7. The summed E-state index contributed by atoms with van der Waals surface area (Å²) in [6, 6.07) is 12.8. The molecule has 4 aliphatic rings. The van der Waals surface area contributed by atoms with Crippen LogP contribution in [0, 0.1) is 12.8 Å². The SMILES string of the molecule is CC(=O)N1CCOCCOc2cccc(n2)C(=O)N[C@H]2C[C@@H](C(=O)N3CCC(CC3)C1)N(Cc1ccccc1C)C2. The number of aromatic nitrogens is 1.